The third-order valence-electron chi connectivity index (χ3n) is 10.7. The Balaban J connectivity index is 1.22. The zero-order chi connectivity index (χ0) is 35.4. The Morgan fingerprint density at radius 2 is 1.17 bits per heavy atom. The van der Waals surface area contributed by atoms with Gasteiger partial charge in [-0.05, 0) is 94.9 Å². The number of hydrogen-bond donors (Lipinski definition) is 0. The smallest absolute Gasteiger partial charge is 0.135 e. The summed E-state index contributed by atoms with van der Waals surface area (Å²) in [6.07, 6.45) is 10.8. The molecule has 1 aromatic heterocycles. The third kappa shape index (κ3) is 4.82. The van der Waals surface area contributed by atoms with Crippen molar-refractivity contribution in [2.45, 2.75) is 11.8 Å². The van der Waals surface area contributed by atoms with Crippen LogP contribution in [0.15, 0.2) is 199 Å². The number of fused-ring (bicyclic) bond motifs is 12. The molecule has 10 rings (SSSR count). The molecule has 0 unspecified atom stereocenters. The second-order valence-corrected chi connectivity index (χ2v) is 13.7. The highest BCUT2D eigenvalue weighted by molar-refractivity contribution is 6.06. The highest BCUT2D eigenvalue weighted by atomic mass is 16.5. The van der Waals surface area contributed by atoms with E-state index in [4.69, 9.17) is 9.15 Å². The largest absolute Gasteiger partial charge is 0.457 e. The molecule has 0 radical (unpaired) electrons. The molecule has 2 heterocycles. The van der Waals surface area contributed by atoms with Crippen LogP contribution in [0, 0.1) is 0 Å². The Kier molecular flexibility index (Phi) is 7.26. The van der Waals surface area contributed by atoms with Gasteiger partial charge in [-0.15, -0.1) is 0 Å². The summed E-state index contributed by atoms with van der Waals surface area (Å²) < 4.78 is 12.9. The van der Waals surface area contributed by atoms with Crippen LogP contribution in [-0.2, 0) is 11.8 Å². The minimum Gasteiger partial charge on any atom is -0.457 e. The zero-order valence-electron chi connectivity index (χ0n) is 29.1. The molecule has 53 heavy (non-hydrogen) atoms. The van der Waals surface area contributed by atoms with Crippen molar-refractivity contribution in [1.29, 1.82) is 0 Å². The SMILES string of the molecule is C=C/C=C\C=C/Cc1cccc(N(c2ccc3c(c2)C2(c4ccccc4Oc4ccccc42)c2ccccc2-3)c2ccc3oc4ccccc4c3c2)c1. The summed E-state index contributed by atoms with van der Waals surface area (Å²) in [5.74, 6) is 1.77. The van der Waals surface area contributed by atoms with Gasteiger partial charge in [0.25, 0.3) is 0 Å². The van der Waals surface area contributed by atoms with E-state index in [0.29, 0.717) is 0 Å². The highest BCUT2D eigenvalue weighted by Crippen LogP contribution is 2.62. The van der Waals surface area contributed by atoms with E-state index in [1.165, 1.54) is 27.8 Å². The summed E-state index contributed by atoms with van der Waals surface area (Å²) in [4.78, 5) is 2.39. The van der Waals surface area contributed by atoms with Crippen molar-refractivity contribution in [3.05, 3.63) is 223 Å². The molecule has 1 aliphatic carbocycles. The maximum absolute atomic E-state index is 6.61. The van der Waals surface area contributed by atoms with Crippen molar-refractivity contribution in [2.24, 2.45) is 0 Å². The van der Waals surface area contributed by atoms with E-state index in [0.717, 1.165) is 68.0 Å². The number of anilines is 3. The molecule has 3 nitrogen and oxygen atoms in total. The molecule has 0 atom stereocenters. The van der Waals surface area contributed by atoms with E-state index in [1.54, 1.807) is 6.08 Å². The number of nitrogens with zero attached hydrogens (tertiary/aromatic N) is 1. The van der Waals surface area contributed by atoms with E-state index in [1.807, 2.05) is 24.3 Å². The first-order chi connectivity index (χ1) is 26.2. The summed E-state index contributed by atoms with van der Waals surface area (Å²) in [6.45, 7) is 3.78. The fourth-order valence-corrected chi connectivity index (χ4v) is 8.53. The van der Waals surface area contributed by atoms with Gasteiger partial charge in [0.2, 0.25) is 0 Å². The first-order valence-electron chi connectivity index (χ1n) is 18.1. The lowest BCUT2D eigenvalue weighted by Crippen LogP contribution is -2.32. The summed E-state index contributed by atoms with van der Waals surface area (Å²) in [5.41, 5.74) is 12.9. The molecule has 7 aromatic carbocycles. The number of hydrogen-bond acceptors (Lipinski definition) is 3. The number of rotatable bonds is 7. The molecule has 1 aliphatic heterocycles. The van der Waals surface area contributed by atoms with Crippen LogP contribution in [0.3, 0.4) is 0 Å². The van der Waals surface area contributed by atoms with Gasteiger partial charge in [-0.3, -0.25) is 0 Å². The third-order valence-corrected chi connectivity index (χ3v) is 10.7. The highest BCUT2D eigenvalue weighted by Gasteiger charge is 2.51. The molecule has 3 heteroatoms. The fourth-order valence-electron chi connectivity index (χ4n) is 8.53. The van der Waals surface area contributed by atoms with Crippen molar-refractivity contribution in [1.82, 2.24) is 0 Å². The van der Waals surface area contributed by atoms with Gasteiger partial charge in [0.05, 0.1) is 5.41 Å². The van der Waals surface area contributed by atoms with Crippen molar-refractivity contribution >= 4 is 39.0 Å². The van der Waals surface area contributed by atoms with Gasteiger partial charge in [-0.25, -0.2) is 0 Å². The first-order valence-corrected chi connectivity index (χ1v) is 18.1. The Hall–Kier alpha value is -6.84. The molecule has 0 amide bonds. The lowest BCUT2D eigenvalue weighted by molar-refractivity contribution is 0.436. The lowest BCUT2D eigenvalue weighted by Gasteiger charge is -2.39. The van der Waals surface area contributed by atoms with E-state index < -0.39 is 5.41 Å². The topological polar surface area (TPSA) is 25.6 Å². The van der Waals surface area contributed by atoms with Gasteiger partial charge in [0, 0.05) is 39.0 Å². The standard InChI is InChI=1S/C50H35NO2/c1-2-3-4-5-6-16-34-17-15-18-35(31-34)51(36-28-30-47-41(32-36)40-20-8-12-24-46(40)52-47)37-27-29-39-38-19-7-9-21-42(38)50(45(39)33-37)43-22-10-13-25-48(43)53-49-26-14-11-23-44(49)50/h2-15,17-33H,1,16H2/b4-3-,6-5-. The molecule has 0 fully saturated rings. The summed E-state index contributed by atoms with van der Waals surface area (Å²) >= 11 is 0. The maximum Gasteiger partial charge on any atom is 0.135 e. The molecule has 2 aliphatic rings. The number of benzene rings is 7. The summed E-state index contributed by atoms with van der Waals surface area (Å²) in [5, 5.41) is 2.20. The average molecular weight is 682 g/mol. The number of furan rings is 1. The van der Waals surface area contributed by atoms with E-state index in [9.17, 15) is 0 Å². The number of para-hydroxylation sites is 3. The van der Waals surface area contributed by atoms with Gasteiger partial charge >= 0.3 is 0 Å². The van der Waals surface area contributed by atoms with E-state index in [-0.39, 0.29) is 0 Å². The van der Waals surface area contributed by atoms with Gasteiger partial charge in [-0.2, -0.15) is 0 Å². The van der Waals surface area contributed by atoms with Crippen molar-refractivity contribution < 1.29 is 9.15 Å². The predicted molar refractivity (Wildman–Crippen MR) is 218 cm³/mol. The zero-order valence-corrected chi connectivity index (χ0v) is 29.1. The molecular formula is C50H35NO2. The van der Waals surface area contributed by atoms with Crippen molar-refractivity contribution in [3.63, 3.8) is 0 Å². The van der Waals surface area contributed by atoms with Crippen LogP contribution in [0.2, 0.25) is 0 Å². The summed E-state index contributed by atoms with van der Waals surface area (Å²) in [6, 6.07) is 56.6. The molecule has 0 N–H and O–H groups in total. The van der Waals surface area contributed by atoms with Crippen LogP contribution in [0.1, 0.15) is 27.8 Å². The van der Waals surface area contributed by atoms with Gasteiger partial charge in [-0.1, -0.05) is 134 Å². The molecule has 8 aromatic rings. The van der Waals surface area contributed by atoms with Gasteiger partial charge in [0.15, 0.2) is 0 Å². The predicted octanol–water partition coefficient (Wildman–Crippen LogP) is 13.4. The van der Waals surface area contributed by atoms with Crippen LogP contribution in [0.25, 0.3) is 33.1 Å². The van der Waals surface area contributed by atoms with Gasteiger partial charge < -0.3 is 14.1 Å². The van der Waals surface area contributed by atoms with Crippen LogP contribution < -0.4 is 9.64 Å². The van der Waals surface area contributed by atoms with Crippen LogP contribution in [0.4, 0.5) is 17.1 Å². The number of ether oxygens (including phenoxy) is 1. The quantitative estimate of drug-likeness (QED) is 0.157. The average Bonchev–Trinajstić information content (AvgIpc) is 3.72. The van der Waals surface area contributed by atoms with Crippen LogP contribution in [0.5, 0.6) is 11.5 Å². The first kappa shape index (κ1) is 30.9. The Bertz CT molecular complexity index is 2740. The fraction of sp³-hybridized carbons (Fsp3) is 0.0400. The number of allylic oxidation sites excluding steroid dienone is 5. The lowest BCUT2D eigenvalue weighted by atomic mass is 9.66. The van der Waals surface area contributed by atoms with E-state index >= 15 is 0 Å². The molecular weight excluding hydrogens is 647 g/mol. The normalized spacial score (nSPS) is 13.6. The minimum absolute atomic E-state index is 0.560. The van der Waals surface area contributed by atoms with Gasteiger partial charge in [0.1, 0.15) is 22.7 Å². The van der Waals surface area contributed by atoms with E-state index in [2.05, 4.69) is 169 Å². The second kappa shape index (κ2) is 12.4. The Morgan fingerprint density at radius 1 is 0.509 bits per heavy atom. The molecule has 0 saturated heterocycles. The van der Waals surface area contributed by atoms with Crippen LogP contribution in [-0.4, -0.2) is 0 Å². The molecule has 0 bridgehead atoms. The van der Waals surface area contributed by atoms with Crippen molar-refractivity contribution in [2.75, 3.05) is 4.90 Å². The monoisotopic (exact) mass is 681 g/mol. The van der Waals surface area contributed by atoms with Crippen LogP contribution >= 0.6 is 0 Å². The minimum atomic E-state index is -0.560. The molecule has 0 saturated carbocycles. The Morgan fingerprint density at radius 3 is 2.00 bits per heavy atom. The molecule has 1 spiro atoms. The maximum atomic E-state index is 6.61. The Labute approximate surface area is 309 Å². The molecule has 252 valence electrons. The summed E-state index contributed by atoms with van der Waals surface area (Å²) in [7, 11) is 0. The van der Waals surface area contributed by atoms with Crippen molar-refractivity contribution in [3.8, 4) is 22.6 Å². The second-order valence-electron chi connectivity index (χ2n) is 13.7.